The number of aromatic nitrogens is 1. The Hall–Kier alpha value is -0.930. The SMILES string of the molecule is CCC1(C(Cc2nc3ccccc3s2)NC)CCCC1. The van der Waals surface area contributed by atoms with Crippen LogP contribution in [0.3, 0.4) is 0 Å². The van der Waals surface area contributed by atoms with Gasteiger partial charge in [-0.15, -0.1) is 11.3 Å². The van der Waals surface area contributed by atoms with Crippen LogP contribution >= 0.6 is 11.3 Å². The van der Waals surface area contributed by atoms with Crippen molar-refractivity contribution in [2.45, 2.75) is 51.5 Å². The molecule has 1 unspecified atom stereocenters. The second kappa shape index (κ2) is 5.82. The Morgan fingerprint density at radius 1 is 1.30 bits per heavy atom. The smallest absolute Gasteiger partial charge is 0.0954 e. The first-order valence-electron chi connectivity index (χ1n) is 7.79. The third-order valence-electron chi connectivity index (χ3n) is 5.11. The third-order valence-corrected chi connectivity index (χ3v) is 6.17. The predicted molar refractivity (Wildman–Crippen MR) is 87.4 cm³/mol. The standard InChI is InChI=1S/C17H24N2S/c1-3-17(10-6-7-11-17)15(18-2)12-16-19-13-8-4-5-9-14(13)20-16/h4-5,8-9,15,18H,3,6-7,10-12H2,1-2H3. The van der Waals surface area contributed by atoms with E-state index >= 15 is 0 Å². The van der Waals surface area contributed by atoms with Gasteiger partial charge in [0.1, 0.15) is 0 Å². The van der Waals surface area contributed by atoms with Crippen LogP contribution in [0.2, 0.25) is 0 Å². The molecule has 0 bridgehead atoms. The Kier molecular flexibility index (Phi) is 4.08. The molecule has 0 aliphatic heterocycles. The van der Waals surface area contributed by atoms with Gasteiger partial charge in [0.2, 0.25) is 0 Å². The zero-order chi connectivity index (χ0) is 14.0. The zero-order valence-electron chi connectivity index (χ0n) is 12.5. The van der Waals surface area contributed by atoms with Crippen LogP contribution in [0.4, 0.5) is 0 Å². The van der Waals surface area contributed by atoms with Crippen molar-refractivity contribution in [3.8, 4) is 0 Å². The number of hydrogen-bond acceptors (Lipinski definition) is 3. The molecule has 1 aliphatic carbocycles. The van der Waals surface area contributed by atoms with Gasteiger partial charge in [-0.1, -0.05) is 31.9 Å². The summed E-state index contributed by atoms with van der Waals surface area (Å²) in [7, 11) is 2.12. The topological polar surface area (TPSA) is 24.9 Å². The van der Waals surface area contributed by atoms with E-state index in [4.69, 9.17) is 4.98 Å². The van der Waals surface area contributed by atoms with Crippen LogP contribution in [0.25, 0.3) is 10.2 Å². The van der Waals surface area contributed by atoms with Crippen LogP contribution in [0.1, 0.15) is 44.0 Å². The molecule has 3 rings (SSSR count). The molecule has 0 saturated heterocycles. The molecule has 2 nitrogen and oxygen atoms in total. The van der Waals surface area contributed by atoms with Crippen LogP contribution in [0.5, 0.6) is 0 Å². The fraction of sp³-hybridized carbons (Fsp3) is 0.588. The normalized spacial score (nSPS) is 19.5. The van der Waals surface area contributed by atoms with Crippen LogP contribution in [0, 0.1) is 5.41 Å². The largest absolute Gasteiger partial charge is 0.316 e. The Balaban J connectivity index is 1.83. The first kappa shape index (κ1) is 14.0. The van der Waals surface area contributed by atoms with E-state index in [1.165, 1.54) is 41.8 Å². The maximum atomic E-state index is 4.82. The van der Waals surface area contributed by atoms with E-state index in [0.29, 0.717) is 11.5 Å². The monoisotopic (exact) mass is 288 g/mol. The molecule has 2 aromatic rings. The van der Waals surface area contributed by atoms with Crippen molar-refractivity contribution in [2.75, 3.05) is 7.05 Å². The summed E-state index contributed by atoms with van der Waals surface area (Å²) >= 11 is 1.86. The summed E-state index contributed by atoms with van der Waals surface area (Å²) in [5, 5.41) is 4.88. The van der Waals surface area contributed by atoms with Crippen molar-refractivity contribution in [2.24, 2.45) is 5.41 Å². The van der Waals surface area contributed by atoms with E-state index in [9.17, 15) is 0 Å². The van der Waals surface area contributed by atoms with Crippen molar-refractivity contribution in [3.63, 3.8) is 0 Å². The fourth-order valence-corrected chi connectivity index (χ4v) is 4.85. The van der Waals surface area contributed by atoms with Crippen molar-refractivity contribution in [3.05, 3.63) is 29.3 Å². The number of thiazole rings is 1. The van der Waals surface area contributed by atoms with Crippen molar-refractivity contribution < 1.29 is 0 Å². The molecule has 0 amide bonds. The second-order valence-corrected chi connectivity index (χ2v) is 7.16. The number of likely N-dealkylation sites (N-methyl/N-ethyl adjacent to an activating group) is 1. The summed E-state index contributed by atoms with van der Waals surface area (Å²) in [4.78, 5) is 4.82. The summed E-state index contributed by atoms with van der Waals surface area (Å²) in [6, 6.07) is 9.04. The van der Waals surface area contributed by atoms with Crippen LogP contribution in [-0.2, 0) is 6.42 Å². The van der Waals surface area contributed by atoms with Crippen molar-refractivity contribution in [1.82, 2.24) is 10.3 Å². The van der Waals surface area contributed by atoms with Gasteiger partial charge in [-0.25, -0.2) is 4.98 Å². The third kappa shape index (κ3) is 2.49. The first-order chi connectivity index (χ1) is 9.77. The highest BCUT2D eigenvalue weighted by molar-refractivity contribution is 7.18. The molecule has 1 aromatic heterocycles. The van der Waals surface area contributed by atoms with Gasteiger partial charge < -0.3 is 5.32 Å². The molecule has 1 heterocycles. The van der Waals surface area contributed by atoms with E-state index in [2.05, 4.69) is 43.6 Å². The average molecular weight is 288 g/mol. The average Bonchev–Trinajstić information content (AvgIpc) is 3.11. The van der Waals surface area contributed by atoms with Gasteiger partial charge >= 0.3 is 0 Å². The van der Waals surface area contributed by atoms with E-state index < -0.39 is 0 Å². The van der Waals surface area contributed by atoms with E-state index in [1.54, 1.807) is 0 Å². The molecule has 0 spiro atoms. The number of hydrogen-bond donors (Lipinski definition) is 1. The summed E-state index contributed by atoms with van der Waals surface area (Å²) in [5.74, 6) is 0. The summed E-state index contributed by atoms with van der Waals surface area (Å²) in [5.41, 5.74) is 1.64. The number of benzene rings is 1. The molecule has 1 N–H and O–H groups in total. The van der Waals surface area contributed by atoms with Crippen molar-refractivity contribution >= 4 is 21.6 Å². The Bertz CT molecular complexity index is 536. The lowest BCUT2D eigenvalue weighted by Gasteiger charge is -2.36. The predicted octanol–water partition coefficient (Wildman–Crippen LogP) is 4.40. The molecule has 1 aliphatic rings. The molecular weight excluding hydrogens is 264 g/mol. The van der Waals surface area contributed by atoms with Gasteiger partial charge in [0.15, 0.2) is 0 Å². The number of fused-ring (bicyclic) bond motifs is 1. The number of rotatable bonds is 5. The minimum Gasteiger partial charge on any atom is -0.316 e. The molecule has 1 fully saturated rings. The first-order valence-corrected chi connectivity index (χ1v) is 8.61. The minimum absolute atomic E-state index is 0.493. The Morgan fingerprint density at radius 2 is 2.05 bits per heavy atom. The van der Waals surface area contributed by atoms with Gasteiger partial charge in [0.05, 0.1) is 15.2 Å². The zero-order valence-corrected chi connectivity index (χ0v) is 13.3. The molecule has 1 aromatic carbocycles. The van der Waals surface area contributed by atoms with Crippen molar-refractivity contribution in [1.29, 1.82) is 0 Å². The molecular formula is C17H24N2S. The number of para-hydroxylation sites is 1. The van der Waals surface area contributed by atoms with Gasteiger partial charge in [0, 0.05) is 12.5 Å². The molecule has 1 atom stereocenters. The highest BCUT2D eigenvalue weighted by atomic mass is 32.1. The Labute approximate surface area is 125 Å². The highest BCUT2D eigenvalue weighted by Crippen LogP contribution is 2.45. The lowest BCUT2D eigenvalue weighted by molar-refractivity contribution is 0.192. The fourth-order valence-electron chi connectivity index (χ4n) is 3.83. The van der Waals surface area contributed by atoms with Gasteiger partial charge in [-0.3, -0.25) is 0 Å². The van der Waals surface area contributed by atoms with Gasteiger partial charge in [0.25, 0.3) is 0 Å². The van der Waals surface area contributed by atoms with Gasteiger partial charge in [-0.05, 0) is 43.9 Å². The molecule has 3 heteroatoms. The second-order valence-electron chi connectivity index (χ2n) is 6.04. The highest BCUT2D eigenvalue weighted by Gasteiger charge is 2.39. The van der Waals surface area contributed by atoms with Crippen LogP contribution < -0.4 is 5.32 Å². The number of nitrogens with one attached hydrogen (secondary N) is 1. The van der Waals surface area contributed by atoms with E-state index in [0.717, 1.165) is 11.9 Å². The molecule has 20 heavy (non-hydrogen) atoms. The number of nitrogens with zero attached hydrogens (tertiary/aromatic N) is 1. The minimum atomic E-state index is 0.493. The summed E-state index contributed by atoms with van der Waals surface area (Å²) in [6.45, 7) is 2.36. The van der Waals surface area contributed by atoms with E-state index in [1.807, 2.05) is 11.3 Å². The maximum absolute atomic E-state index is 4.82. The molecule has 0 radical (unpaired) electrons. The summed E-state index contributed by atoms with van der Waals surface area (Å²) < 4.78 is 1.31. The summed E-state index contributed by atoms with van der Waals surface area (Å²) in [6.07, 6.45) is 7.89. The van der Waals surface area contributed by atoms with Crippen LogP contribution in [-0.4, -0.2) is 18.1 Å². The molecule has 1 saturated carbocycles. The van der Waals surface area contributed by atoms with E-state index in [-0.39, 0.29) is 0 Å². The molecule has 108 valence electrons. The lowest BCUT2D eigenvalue weighted by atomic mass is 9.75. The Morgan fingerprint density at radius 3 is 2.70 bits per heavy atom. The lowest BCUT2D eigenvalue weighted by Crippen LogP contribution is -2.43. The maximum Gasteiger partial charge on any atom is 0.0954 e. The van der Waals surface area contributed by atoms with Gasteiger partial charge in [-0.2, -0.15) is 0 Å². The quantitative estimate of drug-likeness (QED) is 0.882. The van der Waals surface area contributed by atoms with Crippen LogP contribution in [0.15, 0.2) is 24.3 Å².